The van der Waals surface area contributed by atoms with E-state index in [0.29, 0.717) is 0 Å². The summed E-state index contributed by atoms with van der Waals surface area (Å²) < 4.78 is 13.0. The van der Waals surface area contributed by atoms with Crippen molar-refractivity contribution in [3.63, 3.8) is 0 Å². The fraction of sp³-hybridized carbons (Fsp3) is 0.300. The quantitative estimate of drug-likeness (QED) is 0.746. The third-order valence-electron chi connectivity index (χ3n) is 3.90. The van der Waals surface area contributed by atoms with Crippen molar-refractivity contribution in [2.45, 2.75) is 30.4 Å². The molecule has 0 bridgehead atoms. The molecular weight excluding hydrogens is 351 g/mol. The number of nitrogens with one attached hydrogen (secondary N) is 1. The fourth-order valence-corrected chi connectivity index (χ4v) is 3.49. The van der Waals surface area contributed by atoms with Crippen molar-refractivity contribution in [1.29, 1.82) is 0 Å². The minimum atomic E-state index is -0.374. The van der Waals surface area contributed by atoms with Gasteiger partial charge in [0.25, 0.3) is 0 Å². The van der Waals surface area contributed by atoms with E-state index in [1.54, 1.807) is 26.1 Å². The molecule has 0 aliphatic rings. The van der Waals surface area contributed by atoms with Gasteiger partial charge in [0, 0.05) is 17.6 Å². The number of para-hydroxylation sites is 1. The Kier molecular flexibility index (Phi) is 7.21. The Bertz CT molecular complexity index is 765. The first-order valence-corrected chi connectivity index (χ1v) is 9.33. The van der Waals surface area contributed by atoms with Crippen LogP contribution in [0.1, 0.15) is 19.4 Å². The second-order valence-corrected chi connectivity index (χ2v) is 7.38. The zero-order valence-electron chi connectivity index (χ0n) is 15.2. The molecule has 138 valence electrons. The minimum absolute atomic E-state index is 0.0226. The van der Waals surface area contributed by atoms with Gasteiger partial charge in [-0.2, -0.15) is 0 Å². The number of amides is 2. The van der Waals surface area contributed by atoms with E-state index in [9.17, 15) is 14.0 Å². The van der Waals surface area contributed by atoms with E-state index in [1.165, 1.54) is 28.8 Å². The van der Waals surface area contributed by atoms with Crippen LogP contribution in [0.4, 0.5) is 10.1 Å². The lowest BCUT2D eigenvalue weighted by Crippen LogP contribution is -2.39. The highest BCUT2D eigenvalue weighted by atomic mass is 32.2. The Morgan fingerprint density at radius 3 is 2.46 bits per heavy atom. The molecule has 1 N–H and O–H groups in total. The van der Waals surface area contributed by atoms with Crippen molar-refractivity contribution in [3.05, 3.63) is 59.9 Å². The molecule has 0 aliphatic carbocycles. The average Bonchev–Trinajstić information content (AvgIpc) is 2.63. The summed E-state index contributed by atoms with van der Waals surface area (Å²) in [6.45, 7) is 3.78. The van der Waals surface area contributed by atoms with Gasteiger partial charge in [-0.1, -0.05) is 25.1 Å². The Morgan fingerprint density at radius 1 is 1.15 bits per heavy atom. The molecule has 0 aromatic heterocycles. The lowest BCUT2D eigenvalue weighted by molar-refractivity contribution is -0.132. The highest BCUT2D eigenvalue weighted by molar-refractivity contribution is 8.00. The van der Waals surface area contributed by atoms with E-state index >= 15 is 0 Å². The van der Waals surface area contributed by atoms with Gasteiger partial charge >= 0.3 is 0 Å². The number of carbonyl (C=O) groups is 2. The van der Waals surface area contributed by atoms with E-state index in [4.69, 9.17) is 0 Å². The maximum Gasteiger partial charge on any atom is 0.243 e. The average molecular weight is 374 g/mol. The summed E-state index contributed by atoms with van der Waals surface area (Å²) in [7, 11) is 1.61. The highest BCUT2D eigenvalue weighted by Crippen LogP contribution is 2.24. The standard InChI is InChI=1S/C20H23FN2O2S/c1-4-15-7-5-6-8-18(15)22-19(24)13-23(3)20(25)14(2)26-17-11-9-16(21)10-12-17/h5-12,14H,4,13H2,1-3H3,(H,22,24). The van der Waals surface area contributed by atoms with Gasteiger partial charge in [-0.25, -0.2) is 4.39 Å². The lowest BCUT2D eigenvalue weighted by atomic mass is 10.1. The number of nitrogens with zero attached hydrogens (tertiary/aromatic N) is 1. The first-order valence-electron chi connectivity index (χ1n) is 8.45. The van der Waals surface area contributed by atoms with Gasteiger partial charge in [0.2, 0.25) is 11.8 Å². The number of hydrogen-bond acceptors (Lipinski definition) is 3. The normalized spacial score (nSPS) is 11.7. The van der Waals surface area contributed by atoms with Gasteiger partial charge in [0.05, 0.1) is 11.8 Å². The summed E-state index contributed by atoms with van der Waals surface area (Å²) >= 11 is 1.34. The summed E-state index contributed by atoms with van der Waals surface area (Å²) in [5, 5.41) is 2.49. The van der Waals surface area contributed by atoms with E-state index in [0.717, 1.165) is 22.6 Å². The second-order valence-electron chi connectivity index (χ2n) is 5.97. The summed E-state index contributed by atoms with van der Waals surface area (Å²) in [6, 6.07) is 13.6. The zero-order valence-corrected chi connectivity index (χ0v) is 16.0. The Hall–Kier alpha value is -2.34. The largest absolute Gasteiger partial charge is 0.335 e. The highest BCUT2D eigenvalue weighted by Gasteiger charge is 2.21. The molecule has 2 aromatic carbocycles. The van der Waals surface area contributed by atoms with Crippen molar-refractivity contribution in [2.24, 2.45) is 0 Å². The van der Waals surface area contributed by atoms with E-state index in [1.807, 2.05) is 31.2 Å². The van der Waals surface area contributed by atoms with E-state index in [2.05, 4.69) is 5.32 Å². The summed E-state index contributed by atoms with van der Waals surface area (Å²) in [6.07, 6.45) is 0.816. The van der Waals surface area contributed by atoms with Crippen LogP contribution in [0.15, 0.2) is 53.4 Å². The van der Waals surface area contributed by atoms with Crippen molar-refractivity contribution < 1.29 is 14.0 Å². The fourth-order valence-electron chi connectivity index (χ4n) is 2.51. The van der Waals surface area contributed by atoms with Crippen LogP contribution in [0.3, 0.4) is 0 Å². The molecule has 6 heteroatoms. The number of halogens is 1. The predicted octanol–water partition coefficient (Wildman–Crippen LogP) is 3.97. The van der Waals surface area contributed by atoms with Crippen LogP contribution in [-0.4, -0.2) is 35.6 Å². The molecule has 0 saturated heterocycles. The molecule has 1 unspecified atom stereocenters. The van der Waals surface area contributed by atoms with Crippen LogP contribution >= 0.6 is 11.8 Å². The SMILES string of the molecule is CCc1ccccc1NC(=O)CN(C)C(=O)C(C)Sc1ccc(F)cc1. The van der Waals surface area contributed by atoms with Crippen LogP contribution in [0.25, 0.3) is 0 Å². The second kappa shape index (κ2) is 9.38. The van der Waals surface area contributed by atoms with E-state index < -0.39 is 0 Å². The number of aryl methyl sites for hydroxylation is 1. The van der Waals surface area contributed by atoms with Gasteiger partial charge < -0.3 is 10.2 Å². The first-order chi connectivity index (χ1) is 12.4. The summed E-state index contributed by atoms with van der Waals surface area (Å²) in [5.74, 6) is -0.700. The van der Waals surface area contributed by atoms with Crippen molar-refractivity contribution in [1.82, 2.24) is 4.90 Å². The number of rotatable bonds is 7. The molecule has 0 radical (unpaired) electrons. The number of likely N-dealkylation sites (N-methyl/N-ethyl adjacent to an activating group) is 1. The van der Waals surface area contributed by atoms with Crippen LogP contribution in [0.2, 0.25) is 0 Å². The van der Waals surface area contributed by atoms with Gasteiger partial charge in [-0.3, -0.25) is 9.59 Å². The number of thioether (sulfide) groups is 1. The molecule has 2 aromatic rings. The topological polar surface area (TPSA) is 49.4 Å². The number of benzene rings is 2. The van der Waals surface area contributed by atoms with Crippen molar-refractivity contribution in [3.8, 4) is 0 Å². The molecule has 0 spiro atoms. The van der Waals surface area contributed by atoms with Crippen molar-refractivity contribution >= 4 is 29.3 Å². The van der Waals surface area contributed by atoms with Gasteiger partial charge in [-0.05, 0) is 49.2 Å². The third-order valence-corrected chi connectivity index (χ3v) is 5.00. The molecule has 2 rings (SSSR count). The number of anilines is 1. The number of hydrogen-bond donors (Lipinski definition) is 1. The minimum Gasteiger partial charge on any atom is -0.335 e. The number of carbonyl (C=O) groups excluding carboxylic acids is 2. The Labute approximate surface area is 157 Å². The van der Waals surface area contributed by atoms with Crippen LogP contribution in [-0.2, 0) is 16.0 Å². The molecule has 4 nitrogen and oxygen atoms in total. The first kappa shape index (κ1) is 20.0. The lowest BCUT2D eigenvalue weighted by Gasteiger charge is -2.21. The van der Waals surface area contributed by atoms with Crippen LogP contribution < -0.4 is 5.32 Å². The van der Waals surface area contributed by atoms with E-state index in [-0.39, 0.29) is 29.4 Å². The smallest absolute Gasteiger partial charge is 0.243 e. The molecule has 26 heavy (non-hydrogen) atoms. The predicted molar refractivity (Wildman–Crippen MR) is 104 cm³/mol. The molecule has 0 heterocycles. The molecule has 0 saturated carbocycles. The zero-order chi connectivity index (χ0) is 19.1. The summed E-state index contributed by atoms with van der Waals surface area (Å²) in [5.41, 5.74) is 1.82. The monoisotopic (exact) mass is 374 g/mol. The Morgan fingerprint density at radius 2 is 1.81 bits per heavy atom. The molecule has 2 amide bonds. The Balaban J connectivity index is 1.90. The van der Waals surface area contributed by atoms with Crippen LogP contribution in [0.5, 0.6) is 0 Å². The van der Waals surface area contributed by atoms with Crippen LogP contribution in [0, 0.1) is 5.82 Å². The summed E-state index contributed by atoms with van der Waals surface area (Å²) in [4.78, 5) is 27.0. The molecule has 0 aliphatic heterocycles. The molecular formula is C20H23FN2O2S. The van der Waals surface area contributed by atoms with Gasteiger partial charge in [-0.15, -0.1) is 11.8 Å². The third kappa shape index (κ3) is 5.59. The molecule has 0 fully saturated rings. The maximum atomic E-state index is 13.0. The van der Waals surface area contributed by atoms with Crippen molar-refractivity contribution in [2.75, 3.05) is 18.9 Å². The molecule has 1 atom stereocenters. The van der Waals surface area contributed by atoms with Gasteiger partial charge in [0.15, 0.2) is 0 Å². The van der Waals surface area contributed by atoms with Gasteiger partial charge in [0.1, 0.15) is 5.82 Å². The maximum absolute atomic E-state index is 13.0.